The lowest BCUT2D eigenvalue weighted by Crippen LogP contribution is -2.17. The van der Waals surface area contributed by atoms with Crippen LogP contribution in [-0.2, 0) is 4.79 Å². The number of ether oxygens (including phenoxy) is 1. The Morgan fingerprint density at radius 1 is 1.32 bits per heavy atom. The monoisotopic (exact) mass is 369 g/mol. The normalized spacial score (nSPS) is 17.4. The first-order valence-electron chi connectivity index (χ1n) is 7.67. The Balaban J connectivity index is 2.10. The Hall–Kier alpha value is -2.29. The molecule has 2 N–H and O–H groups in total. The van der Waals surface area contributed by atoms with Gasteiger partial charge >= 0.3 is 6.61 Å². The number of thioether (sulfide) groups is 1. The zero-order chi connectivity index (χ0) is 18.1. The molecule has 0 radical (unpaired) electrons. The maximum Gasteiger partial charge on any atom is 0.387 e. The molecule has 0 aliphatic carbocycles. The number of hydrogen-bond acceptors (Lipinski definition) is 4. The number of fused-ring (bicyclic) bond motifs is 1. The number of halogens is 2. The third kappa shape index (κ3) is 3.55. The Kier molecular flexibility index (Phi) is 4.85. The van der Waals surface area contributed by atoms with Crippen molar-refractivity contribution >= 4 is 23.5 Å². The third-order valence-corrected chi connectivity index (χ3v) is 5.04. The molecule has 9 heteroatoms. The molecule has 134 valence electrons. The number of benzene rings is 1. The lowest BCUT2D eigenvalue weighted by molar-refractivity contribution is -0.113. The molecule has 0 fully saturated rings. The van der Waals surface area contributed by atoms with Gasteiger partial charge in [-0.15, -0.1) is 11.8 Å². The van der Waals surface area contributed by atoms with Crippen molar-refractivity contribution in [2.45, 2.75) is 31.8 Å². The summed E-state index contributed by atoms with van der Waals surface area (Å²) in [6.45, 7) is 0.834. The summed E-state index contributed by atoms with van der Waals surface area (Å²) in [5.41, 5.74) is 0.704. The van der Waals surface area contributed by atoms with Crippen molar-refractivity contribution in [2.24, 2.45) is 0 Å². The SMILES string of the molecule is CC(C)n1[nH]c(=O)c2c1NC(=O)CS[C@@H]2c1cccc(OC(F)F)c1. The number of alkyl halides is 2. The third-order valence-electron chi connectivity index (χ3n) is 3.77. The first-order valence-corrected chi connectivity index (χ1v) is 8.72. The van der Waals surface area contributed by atoms with Crippen molar-refractivity contribution in [1.29, 1.82) is 0 Å². The number of anilines is 1. The van der Waals surface area contributed by atoms with E-state index in [1.165, 1.54) is 23.9 Å². The quantitative estimate of drug-likeness (QED) is 0.868. The first kappa shape index (κ1) is 17.5. The van der Waals surface area contributed by atoms with Crippen LogP contribution in [-0.4, -0.2) is 28.1 Å². The van der Waals surface area contributed by atoms with E-state index < -0.39 is 11.9 Å². The summed E-state index contributed by atoms with van der Waals surface area (Å²) in [6, 6.07) is 6.14. The standard InChI is InChI=1S/C16H17F2N3O3S/c1-8(2)21-14-12(15(23)20-21)13(25-7-11(22)19-14)9-4-3-5-10(6-9)24-16(17)18/h3-6,8,13,16H,7H2,1-2H3,(H,19,22)(H,20,23)/t13-/m1/s1. The van der Waals surface area contributed by atoms with Gasteiger partial charge < -0.3 is 10.1 Å². The summed E-state index contributed by atoms with van der Waals surface area (Å²) < 4.78 is 31.0. The Morgan fingerprint density at radius 3 is 2.76 bits per heavy atom. The Labute approximate surface area is 146 Å². The topological polar surface area (TPSA) is 76.1 Å². The molecule has 1 aliphatic rings. The summed E-state index contributed by atoms with van der Waals surface area (Å²) in [4.78, 5) is 24.5. The van der Waals surface area contributed by atoms with Crippen molar-refractivity contribution in [1.82, 2.24) is 9.78 Å². The van der Waals surface area contributed by atoms with Gasteiger partial charge in [-0.25, -0.2) is 0 Å². The predicted octanol–water partition coefficient (Wildman–Crippen LogP) is 3.13. The van der Waals surface area contributed by atoms with Crippen LogP contribution in [0.5, 0.6) is 5.75 Å². The molecule has 1 aliphatic heterocycles. The fourth-order valence-corrected chi connectivity index (χ4v) is 3.86. The lowest BCUT2D eigenvalue weighted by Gasteiger charge is -2.16. The van der Waals surface area contributed by atoms with Gasteiger partial charge in [-0.05, 0) is 31.5 Å². The number of nitrogens with zero attached hydrogens (tertiary/aromatic N) is 1. The molecule has 0 unspecified atom stereocenters. The van der Waals surface area contributed by atoms with Crippen LogP contribution in [0.4, 0.5) is 14.6 Å². The maximum absolute atomic E-state index is 12.5. The van der Waals surface area contributed by atoms with E-state index >= 15 is 0 Å². The first-order chi connectivity index (χ1) is 11.9. The van der Waals surface area contributed by atoms with Gasteiger partial charge in [-0.1, -0.05) is 12.1 Å². The van der Waals surface area contributed by atoms with Crippen LogP contribution in [0.25, 0.3) is 0 Å². The van der Waals surface area contributed by atoms with Crippen LogP contribution in [0.15, 0.2) is 29.1 Å². The number of aromatic amines is 1. The van der Waals surface area contributed by atoms with E-state index in [9.17, 15) is 18.4 Å². The minimum absolute atomic E-state index is 0.0119. The molecule has 6 nitrogen and oxygen atoms in total. The molecular formula is C16H17F2N3O3S. The number of amides is 1. The summed E-state index contributed by atoms with van der Waals surface area (Å²) >= 11 is 1.27. The number of carbonyl (C=O) groups excluding carboxylic acids is 1. The van der Waals surface area contributed by atoms with Crippen LogP contribution < -0.4 is 15.6 Å². The number of aromatic nitrogens is 2. The largest absolute Gasteiger partial charge is 0.435 e. The van der Waals surface area contributed by atoms with Crippen molar-refractivity contribution in [3.8, 4) is 5.75 Å². The molecule has 1 aromatic heterocycles. The second-order valence-electron chi connectivity index (χ2n) is 5.86. The molecular weight excluding hydrogens is 352 g/mol. The molecule has 2 heterocycles. The molecule has 25 heavy (non-hydrogen) atoms. The summed E-state index contributed by atoms with van der Waals surface area (Å²) in [7, 11) is 0. The van der Waals surface area contributed by atoms with Gasteiger partial charge in [-0.2, -0.15) is 8.78 Å². The van der Waals surface area contributed by atoms with Crippen LogP contribution in [0.1, 0.15) is 36.3 Å². The van der Waals surface area contributed by atoms with Gasteiger partial charge in [0.1, 0.15) is 11.6 Å². The van der Waals surface area contributed by atoms with Crippen LogP contribution in [0.2, 0.25) is 0 Å². The highest BCUT2D eigenvalue weighted by atomic mass is 32.2. The van der Waals surface area contributed by atoms with Gasteiger partial charge in [0.15, 0.2) is 0 Å². The lowest BCUT2D eigenvalue weighted by atomic mass is 10.1. The van der Waals surface area contributed by atoms with Crippen molar-refractivity contribution < 1.29 is 18.3 Å². The molecule has 0 saturated carbocycles. The van der Waals surface area contributed by atoms with Crippen LogP contribution >= 0.6 is 11.8 Å². The van der Waals surface area contributed by atoms with Crippen LogP contribution in [0.3, 0.4) is 0 Å². The van der Waals surface area contributed by atoms with E-state index in [2.05, 4.69) is 15.2 Å². The predicted molar refractivity (Wildman–Crippen MR) is 91.4 cm³/mol. The fourth-order valence-electron chi connectivity index (χ4n) is 2.75. The van der Waals surface area contributed by atoms with Gasteiger partial charge in [0, 0.05) is 6.04 Å². The van der Waals surface area contributed by atoms with Gasteiger partial charge in [0.25, 0.3) is 5.56 Å². The molecule has 0 bridgehead atoms. The molecule has 0 spiro atoms. The molecule has 3 rings (SSSR count). The number of H-pyrrole nitrogens is 1. The van der Waals surface area contributed by atoms with E-state index in [4.69, 9.17) is 0 Å². The van der Waals surface area contributed by atoms with E-state index in [1.54, 1.807) is 16.8 Å². The number of rotatable bonds is 4. The zero-order valence-electron chi connectivity index (χ0n) is 13.6. The highest BCUT2D eigenvalue weighted by molar-refractivity contribution is 8.00. The number of carbonyl (C=O) groups is 1. The van der Waals surface area contributed by atoms with Crippen molar-refractivity contribution in [3.05, 3.63) is 45.7 Å². The van der Waals surface area contributed by atoms with Gasteiger partial charge in [-0.3, -0.25) is 19.4 Å². The van der Waals surface area contributed by atoms with Gasteiger partial charge in [0.05, 0.1) is 16.6 Å². The second kappa shape index (κ2) is 6.91. The minimum Gasteiger partial charge on any atom is -0.435 e. The van der Waals surface area contributed by atoms with E-state index in [0.717, 1.165) is 0 Å². The number of hydrogen-bond donors (Lipinski definition) is 2. The summed E-state index contributed by atoms with van der Waals surface area (Å²) in [5.74, 6) is 0.358. The average molecular weight is 369 g/mol. The Morgan fingerprint density at radius 2 is 2.08 bits per heavy atom. The smallest absolute Gasteiger partial charge is 0.387 e. The highest BCUT2D eigenvalue weighted by Crippen LogP contribution is 2.41. The maximum atomic E-state index is 12.5. The summed E-state index contributed by atoms with van der Waals surface area (Å²) in [6.07, 6.45) is 0. The second-order valence-corrected chi connectivity index (χ2v) is 6.95. The molecule has 0 saturated heterocycles. The van der Waals surface area contributed by atoms with Crippen LogP contribution in [0, 0.1) is 0 Å². The van der Waals surface area contributed by atoms with E-state index in [-0.39, 0.29) is 29.0 Å². The number of nitrogens with one attached hydrogen (secondary N) is 2. The zero-order valence-corrected chi connectivity index (χ0v) is 14.4. The Bertz CT molecular complexity index is 847. The highest BCUT2D eigenvalue weighted by Gasteiger charge is 2.31. The molecule has 1 aromatic carbocycles. The molecule has 1 amide bonds. The minimum atomic E-state index is -2.93. The fraction of sp³-hybridized carbons (Fsp3) is 0.375. The summed E-state index contributed by atoms with van der Waals surface area (Å²) in [5, 5.41) is 5.02. The van der Waals surface area contributed by atoms with Crippen molar-refractivity contribution in [3.63, 3.8) is 0 Å². The molecule has 2 aromatic rings. The van der Waals surface area contributed by atoms with E-state index in [0.29, 0.717) is 16.9 Å². The van der Waals surface area contributed by atoms with E-state index in [1.807, 2.05) is 13.8 Å². The van der Waals surface area contributed by atoms with Crippen molar-refractivity contribution in [2.75, 3.05) is 11.1 Å². The average Bonchev–Trinajstić information content (AvgIpc) is 2.74. The molecule has 1 atom stereocenters. The van der Waals surface area contributed by atoms with Gasteiger partial charge in [0.2, 0.25) is 5.91 Å².